The van der Waals surface area contributed by atoms with Gasteiger partial charge in [0.25, 0.3) is 0 Å². The quantitative estimate of drug-likeness (QED) is 0.175. The second kappa shape index (κ2) is 12.9. The molecule has 1 fully saturated rings. The van der Waals surface area contributed by atoms with Crippen LogP contribution < -0.4 is 25.9 Å². The van der Waals surface area contributed by atoms with E-state index in [1.54, 1.807) is 0 Å². The van der Waals surface area contributed by atoms with Crippen LogP contribution in [0.5, 0.6) is 0 Å². The van der Waals surface area contributed by atoms with E-state index < -0.39 is 16.1 Å². The van der Waals surface area contributed by atoms with E-state index in [1.165, 1.54) is 45.3 Å². The zero-order valence-electron chi connectivity index (χ0n) is 23.1. The average Bonchev–Trinajstić information content (AvgIpc) is 3.47. The zero-order valence-corrected chi connectivity index (χ0v) is 24.8. The SMILES string of the molecule is Cc1ccccc1N(C[C@@H]1CCCN1P(c1ccccc1)c1ccccc1)P(c1ccccc1)c1ccccc1. The first-order valence-electron chi connectivity index (χ1n) is 14.2. The number of rotatable bonds is 9. The molecule has 40 heavy (non-hydrogen) atoms. The largest absolute Gasteiger partial charge is 0.341 e. The molecule has 4 heteroatoms. The molecule has 1 atom stereocenters. The third kappa shape index (κ3) is 5.91. The summed E-state index contributed by atoms with van der Waals surface area (Å²) in [6.45, 7) is 4.40. The molecule has 0 aliphatic carbocycles. The van der Waals surface area contributed by atoms with Crippen LogP contribution in [0.25, 0.3) is 0 Å². The van der Waals surface area contributed by atoms with E-state index in [0.29, 0.717) is 6.04 Å². The van der Waals surface area contributed by atoms with Crippen LogP contribution in [0.2, 0.25) is 0 Å². The highest BCUT2D eigenvalue weighted by Crippen LogP contribution is 2.48. The van der Waals surface area contributed by atoms with Crippen molar-refractivity contribution in [2.75, 3.05) is 17.8 Å². The van der Waals surface area contributed by atoms with E-state index in [2.05, 4.69) is 162 Å². The van der Waals surface area contributed by atoms with Crippen LogP contribution in [0.1, 0.15) is 18.4 Å². The predicted molar refractivity (Wildman–Crippen MR) is 176 cm³/mol. The summed E-state index contributed by atoms with van der Waals surface area (Å²) in [4.78, 5) is 0. The molecule has 1 heterocycles. The molecule has 1 aliphatic heterocycles. The lowest BCUT2D eigenvalue weighted by molar-refractivity contribution is 0.437. The normalized spacial score (nSPS) is 15.5. The van der Waals surface area contributed by atoms with Crippen LogP contribution in [-0.4, -0.2) is 23.8 Å². The van der Waals surface area contributed by atoms with Gasteiger partial charge in [-0.25, -0.2) is 0 Å². The van der Waals surface area contributed by atoms with Crippen LogP contribution in [0.3, 0.4) is 0 Å². The highest BCUT2D eigenvalue weighted by Gasteiger charge is 2.36. The van der Waals surface area contributed by atoms with E-state index in [9.17, 15) is 0 Å². The van der Waals surface area contributed by atoms with E-state index in [4.69, 9.17) is 0 Å². The van der Waals surface area contributed by atoms with Crippen molar-refractivity contribution in [3.8, 4) is 0 Å². The molecule has 6 rings (SSSR count). The van der Waals surface area contributed by atoms with Gasteiger partial charge in [0.1, 0.15) is 0 Å². The molecule has 200 valence electrons. The van der Waals surface area contributed by atoms with Gasteiger partial charge in [-0.3, -0.25) is 4.67 Å². The fraction of sp³-hybridized carbons (Fsp3) is 0.167. The summed E-state index contributed by atoms with van der Waals surface area (Å²) in [5.41, 5.74) is 2.68. The van der Waals surface area contributed by atoms with Crippen molar-refractivity contribution in [3.63, 3.8) is 0 Å². The molecule has 5 aromatic rings. The lowest BCUT2D eigenvalue weighted by Crippen LogP contribution is -2.41. The zero-order chi connectivity index (χ0) is 27.1. The standard InChI is InChI=1S/C36H36N2P2/c1-30-17-14-15-27-36(30)38(40(34-23-10-4-11-24-34)35-25-12-5-13-26-35)29-31-18-16-28-37(31)39(32-19-6-2-7-20-32)33-21-8-3-9-22-33/h2-15,17,19-27,31H,16,18,28-29H2,1H3/t31-/m0/s1. The van der Waals surface area contributed by atoms with Gasteiger partial charge in [-0.15, -0.1) is 0 Å². The summed E-state index contributed by atoms with van der Waals surface area (Å²) >= 11 is 0. The molecule has 0 saturated carbocycles. The van der Waals surface area contributed by atoms with E-state index in [-0.39, 0.29) is 0 Å². The van der Waals surface area contributed by atoms with E-state index >= 15 is 0 Å². The molecule has 0 amide bonds. The topological polar surface area (TPSA) is 6.48 Å². The summed E-state index contributed by atoms with van der Waals surface area (Å²) in [6.07, 6.45) is 2.45. The molecular formula is C36H36N2P2. The van der Waals surface area contributed by atoms with Gasteiger partial charge in [-0.2, -0.15) is 0 Å². The summed E-state index contributed by atoms with van der Waals surface area (Å²) in [5.74, 6) is 0. The molecule has 1 aliphatic rings. The van der Waals surface area contributed by atoms with Gasteiger partial charge >= 0.3 is 0 Å². The first-order chi connectivity index (χ1) is 19.8. The lowest BCUT2D eigenvalue weighted by atomic mass is 10.2. The van der Waals surface area contributed by atoms with Crippen LogP contribution >= 0.6 is 16.1 Å². The van der Waals surface area contributed by atoms with Gasteiger partial charge in [0.2, 0.25) is 0 Å². The molecule has 0 aromatic heterocycles. The van der Waals surface area contributed by atoms with Crippen LogP contribution in [0.4, 0.5) is 5.69 Å². The van der Waals surface area contributed by atoms with Crippen LogP contribution in [0.15, 0.2) is 146 Å². The maximum atomic E-state index is 2.84. The van der Waals surface area contributed by atoms with Crippen molar-refractivity contribution >= 4 is 43.1 Å². The minimum atomic E-state index is -0.756. The van der Waals surface area contributed by atoms with Gasteiger partial charge in [0.05, 0.1) is 8.07 Å². The maximum absolute atomic E-state index is 2.84. The Morgan fingerprint density at radius 1 is 0.600 bits per heavy atom. The number of benzene rings is 5. The minimum absolute atomic E-state index is 0.462. The number of anilines is 1. The molecule has 2 nitrogen and oxygen atoms in total. The summed E-state index contributed by atoms with van der Waals surface area (Å²) in [5, 5.41) is 5.66. The monoisotopic (exact) mass is 558 g/mol. The Labute approximate surface area is 241 Å². The van der Waals surface area contributed by atoms with E-state index in [1.807, 2.05) is 0 Å². The van der Waals surface area contributed by atoms with Crippen LogP contribution in [-0.2, 0) is 0 Å². The molecular weight excluding hydrogens is 522 g/mol. The average molecular weight is 559 g/mol. The highest BCUT2D eigenvalue weighted by atomic mass is 31.1. The fourth-order valence-electron chi connectivity index (χ4n) is 5.76. The molecule has 5 aromatic carbocycles. The Balaban J connectivity index is 1.44. The van der Waals surface area contributed by atoms with Crippen molar-refractivity contribution in [1.29, 1.82) is 0 Å². The lowest BCUT2D eigenvalue weighted by Gasteiger charge is -2.41. The first kappa shape index (κ1) is 26.9. The molecule has 0 radical (unpaired) electrons. The summed E-state index contributed by atoms with van der Waals surface area (Å²) in [6, 6.07) is 54.1. The van der Waals surface area contributed by atoms with Gasteiger partial charge in [0, 0.05) is 43.5 Å². The molecule has 1 saturated heterocycles. The summed E-state index contributed by atoms with van der Waals surface area (Å²) < 4.78 is 5.59. The van der Waals surface area contributed by atoms with Crippen molar-refractivity contribution in [2.24, 2.45) is 0 Å². The molecule has 0 bridgehead atoms. The smallest absolute Gasteiger partial charge is 0.0550 e. The van der Waals surface area contributed by atoms with Gasteiger partial charge in [-0.05, 0) is 42.0 Å². The minimum Gasteiger partial charge on any atom is -0.341 e. The number of hydrogen-bond donors (Lipinski definition) is 0. The number of aryl methyl sites for hydroxylation is 1. The van der Waals surface area contributed by atoms with E-state index in [0.717, 1.165) is 13.1 Å². The van der Waals surface area contributed by atoms with Crippen molar-refractivity contribution in [1.82, 2.24) is 4.67 Å². The van der Waals surface area contributed by atoms with Gasteiger partial charge < -0.3 is 4.67 Å². The number of hydrogen-bond acceptors (Lipinski definition) is 2. The number of nitrogens with zero attached hydrogens (tertiary/aromatic N) is 2. The Hall–Kier alpha value is -3.28. The van der Waals surface area contributed by atoms with Crippen molar-refractivity contribution < 1.29 is 0 Å². The second-order valence-electron chi connectivity index (χ2n) is 10.3. The Morgan fingerprint density at radius 3 is 1.55 bits per heavy atom. The molecule has 0 spiro atoms. The second-order valence-corrected chi connectivity index (χ2v) is 14.6. The number of para-hydroxylation sites is 1. The third-order valence-electron chi connectivity index (χ3n) is 7.62. The molecule has 0 N–H and O–H groups in total. The Kier molecular flexibility index (Phi) is 8.70. The summed E-state index contributed by atoms with van der Waals surface area (Å²) in [7, 11) is -1.37. The Morgan fingerprint density at radius 2 is 1.05 bits per heavy atom. The maximum Gasteiger partial charge on any atom is 0.0550 e. The molecule has 0 unspecified atom stereocenters. The highest BCUT2D eigenvalue weighted by molar-refractivity contribution is 7.74. The predicted octanol–water partition coefficient (Wildman–Crippen LogP) is 7.36. The Bertz CT molecular complexity index is 1400. The van der Waals surface area contributed by atoms with Crippen molar-refractivity contribution in [2.45, 2.75) is 25.8 Å². The fourth-order valence-corrected chi connectivity index (χ4v) is 11.0. The van der Waals surface area contributed by atoms with Crippen LogP contribution in [0, 0.1) is 6.92 Å². The third-order valence-corrected chi connectivity index (χ3v) is 12.7. The van der Waals surface area contributed by atoms with Gasteiger partial charge in [-0.1, -0.05) is 140 Å². The van der Waals surface area contributed by atoms with Gasteiger partial charge in [0.15, 0.2) is 0 Å². The van der Waals surface area contributed by atoms with Crippen molar-refractivity contribution in [3.05, 3.63) is 151 Å². The first-order valence-corrected chi connectivity index (χ1v) is 16.8.